The van der Waals surface area contributed by atoms with Crippen LogP contribution in [0.5, 0.6) is 11.5 Å². The molecule has 2 amide bonds. The summed E-state index contributed by atoms with van der Waals surface area (Å²) in [5.41, 5.74) is 0.275. The summed E-state index contributed by atoms with van der Waals surface area (Å²) in [6.07, 6.45) is 0.383. The number of methoxy groups -OCH3 is 1. The van der Waals surface area contributed by atoms with E-state index in [9.17, 15) is 19.2 Å². The molecule has 1 aromatic carbocycles. The molecule has 0 aromatic heterocycles. The van der Waals surface area contributed by atoms with Crippen LogP contribution in [-0.2, 0) is 23.9 Å². The van der Waals surface area contributed by atoms with E-state index in [1.165, 1.54) is 13.2 Å². The van der Waals surface area contributed by atoms with Crippen LogP contribution in [0.1, 0.15) is 44.5 Å². The molecule has 0 fully saturated rings. The molecule has 1 unspecified atom stereocenters. The number of carbonyl (C=O) groups excluding carboxylic acids is 4. The molecular weight excluding hydrogens is 420 g/mol. The van der Waals surface area contributed by atoms with Gasteiger partial charge in [-0.25, -0.2) is 4.79 Å². The van der Waals surface area contributed by atoms with Crippen LogP contribution in [0.25, 0.3) is 0 Å². The number of nitrogens with one attached hydrogen (secondary N) is 2. The Morgan fingerprint density at radius 2 is 1.66 bits per heavy atom. The first-order valence-corrected chi connectivity index (χ1v) is 10.4. The maximum Gasteiger partial charge on any atom is 0.328 e. The van der Waals surface area contributed by atoms with E-state index in [1.54, 1.807) is 12.1 Å². The molecule has 0 heterocycles. The van der Waals surface area contributed by atoms with Crippen molar-refractivity contribution >= 4 is 23.8 Å². The highest BCUT2D eigenvalue weighted by Gasteiger charge is 2.23. The third-order valence-corrected chi connectivity index (χ3v) is 4.09. The van der Waals surface area contributed by atoms with Crippen LogP contribution in [0.4, 0.5) is 0 Å². The van der Waals surface area contributed by atoms with Crippen LogP contribution in [-0.4, -0.2) is 63.3 Å². The van der Waals surface area contributed by atoms with Gasteiger partial charge in [-0.2, -0.15) is 0 Å². The fourth-order valence-corrected chi connectivity index (χ4v) is 2.71. The molecule has 0 radical (unpaired) electrons. The number of esters is 2. The third kappa shape index (κ3) is 9.23. The van der Waals surface area contributed by atoms with E-state index < -0.39 is 42.9 Å². The molecule has 1 aromatic rings. The van der Waals surface area contributed by atoms with Gasteiger partial charge < -0.3 is 29.6 Å². The van der Waals surface area contributed by atoms with Crippen molar-refractivity contribution in [1.82, 2.24) is 10.6 Å². The monoisotopic (exact) mass is 452 g/mol. The van der Waals surface area contributed by atoms with E-state index in [0.717, 1.165) is 0 Å². The number of benzene rings is 1. The van der Waals surface area contributed by atoms with Crippen LogP contribution < -0.4 is 20.1 Å². The minimum Gasteiger partial charge on any atom is -0.490 e. The second-order valence-corrected chi connectivity index (χ2v) is 7.14. The topological polar surface area (TPSA) is 129 Å². The summed E-state index contributed by atoms with van der Waals surface area (Å²) in [6.45, 7) is 7.26. The molecule has 10 heteroatoms. The Kier molecular flexibility index (Phi) is 11.6. The zero-order valence-electron chi connectivity index (χ0n) is 19.2. The molecule has 178 valence electrons. The van der Waals surface area contributed by atoms with E-state index >= 15 is 0 Å². The lowest BCUT2D eigenvalue weighted by Crippen LogP contribution is -2.44. The molecule has 1 atom stereocenters. The van der Waals surface area contributed by atoms with Crippen molar-refractivity contribution in [3.63, 3.8) is 0 Å². The predicted molar refractivity (Wildman–Crippen MR) is 115 cm³/mol. The van der Waals surface area contributed by atoms with Gasteiger partial charge in [0.2, 0.25) is 0 Å². The molecule has 0 saturated carbocycles. The first-order chi connectivity index (χ1) is 15.2. The van der Waals surface area contributed by atoms with Gasteiger partial charge in [0.1, 0.15) is 12.6 Å². The minimum atomic E-state index is -0.829. The molecule has 32 heavy (non-hydrogen) atoms. The fourth-order valence-electron chi connectivity index (χ4n) is 2.71. The van der Waals surface area contributed by atoms with E-state index in [4.69, 9.17) is 14.2 Å². The summed E-state index contributed by atoms with van der Waals surface area (Å²) in [4.78, 5) is 48.0. The molecule has 0 saturated heterocycles. The molecule has 0 aliphatic rings. The van der Waals surface area contributed by atoms with Crippen molar-refractivity contribution in [3.8, 4) is 11.5 Å². The minimum absolute atomic E-state index is 0.142. The highest BCUT2D eigenvalue weighted by atomic mass is 16.5. The van der Waals surface area contributed by atoms with Crippen LogP contribution in [0.3, 0.4) is 0 Å². The summed E-state index contributed by atoms with van der Waals surface area (Å²) >= 11 is 0. The summed E-state index contributed by atoms with van der Waals surface area (Å²) in [7, 11) is 1.23. The van der Waals surface area contributed by atoms with Crippen molar-refractivity contribution in [2.45, 2.75) is 40.2 Å². The standard InChI is InChI=1S/C22H32N2O8/c1-6-30-17-9-8-15(11-18(17)31-7-2)21(27)23-12-20(26)32-13-19(25)24-16(10-14(3)4)22(28)29-5/h8-9,11,14,16H,6-7,10,12-13H2,1-5H3,(H,23,27)(H,24,25). The van der Waals surface area contributed by atoms with Gasteiger partial charge in [-0.15, -0.1) is 0 Å². The van der Waals surface area contributed by atoms with Crippen LogP contribution in [0.15, 0.2) is 18.2 Å². The summed E-state index contributed by atoms with van der Waals surface area (Å²) in [5, 5.41) is 4.90. The van der Waals surface area contributed by atoms with Crippen molar-refractivity contribution < 1.29 is 38.1 Å². The summed E-state index contributed by atoms with van der Waals surface area (Å²) < 4.78 is 20.5. The summed E-state index contributed by atoms with van der Waals surface area (Å²) in [6, 6.07) is 3.85. The second kappa shape index (κ2) is 13.9. The van der Waals surface area contributed by atoms with E-state index in [2.05, 4.69) is 15.4 Å². The largest absolute Gasteiger partial charge is 0.490 e. The average Bonchev–Trinajstić information content (AvgIpc) is 2.76. The third-order valence-electron chi connectivity index (χ3n) is 4.09. The molecule has 0 spiro atoms. The molecule has 10 nitrogen and oxygen atoms in total. The van der Waals surface area contributed by atoms with Gasteiger partial charge in [0.25, 0.3) is 11.8 Å². The Hall–Kier alpha value is -3.30. The number of hydrogen-bond acceptors (Lipinski definition) is 8. The zero-order valence-corrected chi connectivity index (χ0v) is 19.2. The van der Waals surface area contributed by atoms with E-state index in [1.807, 2.05) is 27.7 Å². The summed E-state index contributed by atoms with van der Waals surface area (Å²) in [5.74, 6) is -1.47. The van der Waals surface area contributed by atoms with Gasteiger partial charge in [0.05, 0.1) is 20.3 Å². The van der Waals surface area contributed by atoms with Gasteiger partial charge in [0, 0.05) is 5.56 Å². The molecule has 1 rings (SSSR count). The van der Waals surface area contributed by atoms with Crippen molar-refractivity contribution in [2.75, 3.05) is 33.5 Å². The first kappa shape index (κ1) is 26.7. The number of carbonyl (C=O) groups is 4. The first-order valence-electron chi connectivity index (χ1n) is 10.4. The van der Waals surface area contributed by atoms with Crippen LogP contribution in [0.2, 0.25) is 0 Å². The van der Waals surface area contributed by atoms with Gasteiger partial charge in [-0.05, 0) is 44.4 Å². The lowest BCUT2D eigenvalue weighted by Gasteiger charge is -2.18. The normalized spacial score (nSPS) is 11.3. The Balaban J connectivity index is 2.55. The number of ether oxygens (including phenoxy) is 4. The van der Waals surface area contributed by atoms with Gasteiger partial charge in [-0.1, -0.05) is 13.8 Å². The maximum absolute atomic E-state index is 12.3. The quantitative estimate of drug-likeness (QED) is 0.431. The van der Waals surface area contributed by atoms with Crippen LogP contribution in [0, 0.1) is 5.92 Å². The molecule has 0 aliphatic carbocycles. The number of rotatable bonds is 13. The molecular formula is C22H32N2O8. The van der Waals surface area contributed by atoms with Crippen molar-refractivity contribution in [3.05, 3.63) is 23.8 Å². The lowest BCUT2D eigenvalue weighted by molar-refractivity contribution is -0.149. The van der Waals surface area contributed by atoms with Crippen LogP contribution >= 0.6 is 0 Å². The van der Waals surface area contributed by atoms with E-state index in [0.29, 0.717) is 31.1 Å². The van der Waals surface area contributed by atoms with Gasteiger partial charge in [-0.3, -0.25) is 14.4 Å². The van der Waals surface area contributed by atoms with E-state index in [-0.39, 0.29) is 11.5 Å². The van der Waals surface area contributed by atoms with Crippen molar-refractivity contribution in [1.29, 1.82) is 0 Å². The second-order valence-electron chi connectivity index (χ2n) is 7.14. The van der Waals surface area contributed by atoms with Crippen molar-refractivity contribution in [2.24, 2.45) is 5.92 Å². The number of hydrogen-bond donors (Lipinski definition) is 2. The van der Waals surface area contributed by atoms with Gasteiger partial charge >= 0.3 is 11.9 Å². The number of amides is 2. The SMILES string of the molecule is CCOc1ccc(C(=O)NCC(=O)OCC(=O)NC(CC(C)C)C(=O)OC)cc1OCC. The predicted octanol–water partition coefficient (Wildman–Crippen LogP) is 1.46. The van der Waals surface area contributed by atoms with Gasteiger partial charge in [0.15, 0.2) is 18.1 Å². The maximum atomic E-state index is 12.3. The zero-order chi connectivity index (χ0) is 24.1. The Morgan fingerprint density at radius 1 is 1.00 bits per heavy atom. The molecule has 0 aliphatic heterocycles. The Bertz CT molecular complexity index is 794. The smallest absolute Gasteiger partial charge is 0.328 e. The highest BCUT2D eigenvalue weighted by molar-refractivity contribution is 5.96. The average molecular weight is 453 g/mol. The molecule has 2 N–H and O–H groups in total. The Labute approximate surface area is 187 Å². The lowest BCUT2D eigenvalue weighted by atomic mass is 10.0. The highest BCUT2D eigenvalue weighted by Crippen LogP contribution is 2.28. The fraction of sp³-hybridized carbons (Fsp3) is 0.545. The Morgan fingerprint density at radius 3 is 2.25 bits per heavy atom. The molecule has 0 bridgehead atoms.